The van der Waals surface area contributed by atoms with Crippen LogP contribution in [-0.2, 0) is 19.5 Å². The molecule has 0 N–H and O–H groups in total. The van der Waals surface area contributed by atoms with E-state index in [0.29, 0.717) is 16.2 Å². The summed E-state index contributed by atoms with van der Waals surface area (Å²) in [4.78, 5) is 0. The first-order chi connectivity index (χ1) is 18.1. The van der Waals surface area contributed by atoms with Gasteiger partial charge < -0.3 is 18.8 Å². The highest BCUT2D eigenvalue weighted by molar-refractivity contribution is 6.64. The molecule has 5 heteroatoms. The van der Waals surface area contributed by atoms with Gasteiger partial charge in [-0.05, 0) is 112 Å². The van der Waals surface area contributed by atoms with E-state index < -0.39 is 18.3 Å². The second kappa shape index (κ2) is 8.60. The minimum Gasteiger partial charge on any atom is -0.467 e. The third-order valence-corrected chi connectivity index (χ3v) is 10.7. The van der Waals surface area contributed by atoms with Crippen LogP contribution >= 0.6 is 0 Å². The Labute approximate surface area is 236 Å². The molecule has 4 aliphatic carbocycles. The van der Waals surface area contributed by atoms with Gasteiger partial charge in [0, 0.05) is 23.7 Å². The molecule has 4 bridgehead atoms. The predicted octanol–water partition coefficient (Wildman–Crippen LogP) is 7.58. The molecule has 5 fully saturated rings. The first kappa shape index (κ1) is 27.4. The topological polar surface area (TPSA) is 36.9 Å². The van der Waals surface area contributed by atoms with E-state index in [-0.39, 0.29) is 12.2 Å². The molecule has 0 atom stereocenters. The molecule has 5 aliphatic rings. The Bertz CT molecular complexity index is 1230. The van der Waals surface area contributed by atoms with Crippen molar-refractivity contribution in [1.82, 2.24) is 0 Å². The van der Waals surface area contributed by atoms with Crippen molar-refractivity contribution in [3.8, 4) is 16.9 Å². The van der Waals surface area contributed by atoms with Gasteiger partial charge in [-0.1, -0.05) is 51.1 Å². The van der Waals surface area contributed by atoms with Crippen LogP contribution in [0.4, 0.5) is 0 Å². The number of ether oxygens (including phenoxy) is 2. The number of aryl methyl sites for hydroxylation is 1. The van der Waals surface area contributed by atoms with Crippen LogP contribution in [0.5, 0.6) is 5.75 Å². The van der Waals surface area contributed by atoms with Gasteiger partial charge in [-0.2, -0.15) is 0 Å². The predicted molar refractivity (Wildman–Crippen MR) is 159 cm³/mol. The minimum absolute atomic E-state index is 0.107. The fourth-order valence-corrected chi connectivity index (χ4v) is 10.1. The van der Waals surface area contributed by atoms with Crippen LogP contribution in [0, 0.1) is 23.2 Å². The van der Waals surface area contributed by atoms with Crippen molar-refractivity contribution in [3.63, 3.8) is 0 Å². The van der Waals surface area contributed by atoms with Crippen molar-refractivity contribution in [2.45, 2.75) is 111 Å². The van der Waals surface area contributed by atoms with Gasteiger partial charge in [0.1, 0.15) is 5.75 Å². The average Bonchev–Trinajstić information content (AvgIpc) is 3.01. The summed E-state index contributed by atoms with van der Waals surface area (Å²) >= 11 is 0. The first-order valence-electron chi connectivity index (χ1n) is 14.8. The van der Waals surface area contributed by atoms with Crippen LogP contribution < -0.4 is 10.2 Å². The van der Waals surface area contributed by atoms with Gasteiger partial charge in [0.05, 0.1) is 11.2 Å². The Balaban J connectivity index is 1.53. The van der Waals surface area contributed by atoms with E-state index in [0.717, 1.165) is 22.3 Å². The zero-order valence-corrected chi connectivity index (χ0v) is 25.6. The molecule has 0 amide bonds. The smallest absolute Gasteiger partial charge is 0.467 e. The van der Waals surface area contributed by atoms with Crippen molar-refractivity contribution < 1.29 is 18.8 Å². The fourth-order valence-electron chi connectivity index (χ4n) is 10.1. The quantitative estimate of drug-likeness (QED) is 0.285. The van der Waals surface area contributed by atoms with Gasteiger partial charge in [-0.25, -0.2) is 0 Å². The average molecular weight is 531 g/mol. The highest BCUT2D eigenvalue weighted by Crippen LogP contribution is 2.74. The maximum atomic E-state index is 6.61. The van der Waals surface area contributed by atoms with Gasteiger partial charge in [0.15, 0.2) is 6.79 Å². The second-order valence-electron chi connectivity index (χ2n) is 15.7. The van der Waals surface area contributed by atoms with Crippen molar-refractivity contribution in [2.24, 2.45) is 16.2 Å². The Hall–Kier alpha value is -1.82. The molecule has 0 spiro atoms. The van der Waals surface area contributed by atoms with E-state index >= 15 is 0 Å². The van der Waals surface area contributed by atoms with E-state index in [1.54, 1.807) is 7.11 Å². The summed E-state index contributed by atoms with van der Waals surface area (Å²) in [7, 11) is 1.27. The second-order valence-corrected chi connectivity index (χ2v) is 15.7. The van der Waals surface area contributed by atoms with Crippen molar-refractivity contribution in [3.05, 3.63) is 47.5 Å². The summed E-state index contributed by atoms with van der Waals surface area (Å²) in [5, 5.41) is 0. The summed E-state index contributed by atoms with van der Waals surface area (Å²) in [5.74, 6) is 0.976. The molecular formula is C34H47BO4. The first-order valence-corrected chi connectivity index (χ1v) is 14.8. The van der Waals surface area contributed by atoms with Gasteiger partial charge in [0.25, 0.3) is 0 Å². The molecule has 2 aromatic carbocycles. The summed E-state index contributed by atoms with van der Waals surface area (Å²) in [6.07, 6.45) is 7.72. The third kappa shape index (κ3) is 4.39. The zero-order chi connectivity index (χ0) is 28.1. The standard InChI is InChI=1S/C34H47BO4/c1-23-14-25(24-12-10-11-13-27(24)35-38-29(2,3)30(4,5)39-35)28(37-22-36-9)26(15-23)34-19-31(6)16-32(7,20-34)18-33(8,17-31)21-34/h10-15H,16-22H2,1-9H3. The molecule has 0 aromatic heterocycles. The molecule has 1 heterocycles. The Morgan fingerprint density at radius 1 is 0.744 bits per heavy atom. The monoisotopic (exact) mass is 530 g/mol. The molecule has 2 aromatic rings. The molecule has 7 rings (SSSR count). The van der Waals surface area contributed by atoms with Gasteiger partial charge in [0.2, 0.25) is 0 Å². The summed E-state index contributed by atoms with van der Waals surface area (Å²) in [5.41, 5.74) is 6.34. The maximum absolute atomic E-state index is 6.61. The highest BCUT2D eigenvalue weighted by atomic mass is 16.7. The lowest BCUT2D eigenvalue weighted by Crippen LogP contribution is -2.60. The number of hydrogen-bond acceptors (Lipinski definition) is 4. The van der Waals surface area contributed by atoms with Crippen molar-refractivity contribution in [2.75, 3.05) is 13.9 Å². The van der Waals surface area contributed by atoms with Crippen molar-refractivity contribution >= 4 is 12.6 Å². The number of hydrogen-bond donors (Lipinski definition) is 0. The van der Waals surface area contributed by atoms with Gasteiger partial charge in [-0.15, -0.1) is 0 Å². The molecule has 0 radical (unpaired) electrons. The molecule has 0 unspecified atom stereocenters. The minimum atomic E-state index is -0.443. The van der Waals surface area contributed by atoms with E-state index in [1.165, 1.54) is 49.7 Å². The lowest BCUT2D eigenvalue weighted by atomic mass is 9.35. The summed E-state index contributed by atoms with van der Waals surface area (Å²) in [6, 6.07) is 13.2. The number of benzene rings is 2. The molecule has 4 saturated carbocycles. The number of methoxy groups -OCH3 is 1. The van der Waals surface area contributed by atoms with Gasteiger partial charge in [-0.3, -0.25) is 0 Å². The largest absolute Gasteiger partial charge is 0.495 e. The Kier molecular flexibility index (Phi) is 6.03. The third-order valence-electron chi connectivity index (χ3n) is 10.7. The van der Waals surface area contributed by atoms with Crippen LogP contribution in [0.2, 0.25) is 0 Å². The highest BCUT2D eigenvalue weighted by Gasteiger charge is 2.65. The molecule has 1 saturated heterocycles. The Morgan fingerprint density at radius 3 is 1.82 bits per heavy atom. The zero-order valence-electron chi connectivity index (χ0n) is 25.6. The van der Waals surface area contributed by atoms with E-state index in [1.807, 2.05) is 0 Å². The fraction of sp³-hybridized carbons (Fsp3) is 0.647. The van der Waals surface area contributed by atoms with Crippen LogP contribution in [0.15, 0.2) is 36.4 Å². The Morgan fingerprint density at radius 2 is 1.28 bits per heavy atom. The molecule has 1 aliphatic heterocycles. The van der Waals surface area contributed by atoms with Crippen LogP contribution in [0.1, 0.15) is 98.1 Å². The molecule has 4 nitrogen and oxygen atoms in total. The van der Waals surface area contributed by atoms with E-state index in [2.05, 4.69) is 91.8 Å². The van der Waals surface area contributed by atoms with E-state index in [4.69, 9.17) is 18.8 Å². The summed E-state index contributed by atoms with van der Waals surface area (Å²) in [6.45, 7) is 18.6. The lowest BCUT2D eigenvalue weighted by molar-refractivity contribution is -0.152. The normalized spacial score (nSPS) is 36.0. The van der Waals surface area contributed by atoms with Crippen molar-refractivity contribution in [1.29, 1.82) is 0 Å². The van der Waals surface area contributed by atoms with Crippen LogP contribution in [-0.4, -0.2) is 32.2 Å². The van der Waals surface area contributed by atoms with Gasteiger partial charge >= 0.3 is 7.12 Å². The molecular weight excluding hydrogens is 483 g/mol. The van der Waals surface area contributed by atoms with Crippen LogP contribution in [0.3, 0.4) is 0 Å². The van der Waals surface area contributed by atoms with E-state index in [9.17, 15) is 0 Å². The molecule has 210 valence electrons. The van der Waals surface area contributed by atoms with Crippen LogP contribution in [0.25, 0.3) is 11.1 Å². The number of rotatable bonds is 6. The lowest BCUT2D eigenvalue weighted by Gasteiger charge is -2.69. The SMILES string of the molecule is COCOc1c(-c2ccccc2B2OC(C)(C)C(C)(C)O2)cc(C)cc1C12CC3(C)CC(C)(CC(C)(C3)C1)C2. The maximum Gasteiger partial charge on any atom is 0.495 e. The summed E-state index contributed by atoms with van der Waals surface area (Å²) < 4.78 is 25.2. The molecule has 39 heavy (non-hydrogen) atoms.